The third-order valence-corrected chi connectivity index (χ3v) is 7.82. The van der Waals surface area contributed by atoms with E-state index in [1.165, 1.54) is 11.1 Å². The number of pyridine rings is 2. The predicted molar refractivity (Wildman–Crippen MR) is 159 cm³/mol. The second-order valence-electron chi connectivity index (χ2n) is 10.8. The first-order valence-electron chi connectivity index (χ1n) is 13.9. The molecule has 40 heavy (non-hydrogen) atoms. The molecule has 1 fully saturated rings. The number of aromatic nitrogens is 2. The Labute approximate surface area is 236 Å². The zero-order chi connectivity index (χ0) is 27.5. The van der Waals surface area contributed by atoms with E-state index in [1.54, 1.807) is 12.4 Å². The first-order chi connectivity index (χ1) is 19.5. The van der Waals surface area contributed by atoms with E-state index < -0.39 is 0 Å². The number of benzene rings is 2. The van der Waals surface area contributed by atoms with Crippen LogP contribution in [0.5, 0.6) is 11.5 Å². The molecule has 0 spiro atoms. The molecule has 0 atom stereocenters. The van der Waals surface area contributed by atoms with E-state index in [9.17, 15) is 4.79 Å². The first kappa shape index (κ1) is 26.1. The van der Waals surface area contributed by atoms with Crippen LogP contribution in [0.3, 0.4) is 0 Å². The van der Waals surface area contributed by atoms with Crippen molar-refractivity contribution in [2.75, 3.05) is 33.2 Å². The van der Waals surface area contributed by atoms with Gasteiger partial charge in [-0.05, 0) is 61.0 Å². The number of aryl methyl sites for hydroxylation is 1. The maximum Gasteiger partial charge on any atom is 0.167 e. The van der Waals surface area contributed by atoms with Crippen LogP contribution in [0, 0.1) is 6.92 Å². The normalized spacial score (nSPS) is 15.2. The molecule has 0 N–H and O–H groups in total. The van der Waals surface area contributed by atoms with Crippen LogP contribution >= 0.6 is 0 Å². The SMILES string of the molecule is Cc1cc(C(=O)Cc2cccc(Oc3cc(-c4ccncc4)nc4c3C=CC4)c2)ccc1CN1CCN(C)CC1. The van der Waals surface area contributed by atoms with E-state index >= 15 is 0 Å². The Morgan fingerprint density at radius 2 is 1.80 bits per heavy atom. The lowest BCUT2D eigenvalue weighted by Crippen LogP contribution is -2.43. The predicted octanol–water partition coefficient (Wildman–Crippen LogP) is 5.99. The molecule has 202 valence electrons. The molecule has 4 aromatic rings. The number of likely N-dealkylation sites (N-methyl/N-ethyl adjacent to an activating group) is 1. The van der Waals surface area contributed by atoms with E-state index in [-0.39, 0.29) is 5.78 Å². The number of nitrogens with zero attached hydrogens (tertiary/aromatic N) is 4. The summed E-state index contributed by atoms with van der Waals surface area (Å²) in [7, 11) is 2.17. The minimum atomic E-state index is 0.110. The summed E-state index contributed by atoms with van der Waals surface area (Å²) in [4.78, 5) is 27.1. The number of hydrogen-bond donors (Lipinski definition) is 0. The fourth-order valence-corrected chi connectivity index (χ4v) is 5.39. The van der Waals surface area contributed by atoms with Crippen LogP contribution in [-0.2, 0) is 19.4 Å². The molecule has 2 aromatic heterocycles. The summed E-state index contributed by atoms with van der Waals surface area (Å²) in [6.07, 6.45) is 8.82. The van der Waals surface area contributed by atoms with Crippen LogP contribution in [0.4, 0.5) is 0 Å². The highest BCUT2D eigenvalue weighted by Crippen LogP contribution is 2.35. The molecule has 2 aromatic carbocycles. The third kappa shape index (κ3) is 5.88. The second-order valence-corrected chi connectivity index (χ2v) is 10.8. The summed E-state index contributed by atoms with van der Waals surface area (Å²) < 4.78 is 6.40. The maximum absolute atomic E-state index is 13.2. The Kier molecular flexibility index (Phi) is 7.53. The topological polar surface area (TPSA) is 58.6 Å². The minimum Gasteiger partial charge on any atom is -0.457 e. The summed E-state index contributed by atoms with van der Waals surface area (Å²) in [5.74, 6) is 1.58. The molecule has 1 saturated heterocycles. The van der Waals surface area contributed by atoms with Gasteiger partial charge in [0.2, 0.25) is 0 Å². The number of ketones is 1. The lowest BCUT2D eigenvalue weighted by atomic mass is 9.98. The van der Waals surface area contributed by atoms with Gasteiger partial charge in [0, 0.05) is 80.7 Å². The number of piperazine rings is 1. The molecule has 0 bridgehead atoms. The van der Waals surface area contributed by atoms with Crippen LogP contribution < -0.4 is 4.74 Å². The molecule has 6 rings (SSSR count). The summed E-state index contributed by atoms with van der Waals surface area (Å²) in [5, 5.41) is 0. The van der Waals surface area contributed by atoms with Crippen molar-refractivity contribution < 1.29 is 9.53 Å². The number of carbonyl (C=O) groups excluding carboxylic acids is 1. The van der Waals surface area contributed by atoms with E-state index in [4.69, 9.17) is 9.72 Å². The molecule has 6 nitrogen and oxygen atoms in total. The lowest BCUT2D eigenvalue weighted by molar-refractivity contribution is 0.0993. The van der Waals surface area contributed by atoms with Crippen molar-refractivity contribution in [2.45, 2.75) is 26.3 Å². The van der Waals surface area contributed by atoms with Crippen molar-refractivity contribution in [1.82, 2.24) is 19.8 Å². The fourth-order valence-electron chi connectivity index (χ4n) is 5.39. The van der Waals surface area contributed by atoms with Gasteiger partial charge in [0.1, 0.15) is 11.5 Å². The summed E-state index contributed by atoms with van der Waals surface area (Å²) >= 11 is 0. The zero-order valence-corrected chi connectivity index (χ0v) is 23.1. The lowest BCUT2D eigenvalue weighted by Gasteiger charge is -2.32. The number of ether oxygens (including phenoxy) is 1. The van der Waals surface area contributed by atoms with Gasteiger partial charge in [0.25, 0.3) is 0 Å². The van der Waals surface area contributed by atoms with Crippen LogP contribution in [-0.4, -0.2) is 58.8 Å². The quantitative estimate of drug-likeness (QED) is 0.261. The number of allylic oxidation sites excluding steroid dienone is 1. The molecule has 2 aliphatic rings. The van der Waals surface area contributed by atoms with Crippen molar-refractivity contribution in [3.63, 3.8) is 0 Å². The molecule has 0 unspecified atom stereocenters. The molecule has 1 aliphatic heterocycles. The highest BCUT2D eigenvalue weighted by molar-refractivity contribution is 5.97. The van der Waals surface area contributed by atoms with Gasteiger partial charge in [-0.25, -0.2) is 0 Å². The van der Waals surface area contributed by atoms with Gasteiger partial charge in [0.15, 0.2) is 5.78 Å². The van der Waals surface area contributed by atoms with Crippen LogP contribution in [0.2, 0.25) is 0 Å². The maximum atomic E-state index is 13.2. The van der Waals surface area contributed by atoms with Gasteiger partial charge >= 0.3 is 0 Å². The summed E-state index contributed by atoms with van der Waals surface area (Å²) in [5.41, 5.74) is 8.01. The Morgan fingerprint density at radius 3 is 2.60 bits per heavy atom. The number of hydrogen-bond acceptors (Lipinski definition) is 6. The van der Waals surface area contributed by atoms with Crippen molar-refractivity contribution in [2.24, 2.45) is 0 Å². The van der Waals surface area contributed by atoms with Gasteiger partial charge in [-0.3, -0.25) is 19.7 Å². The highest BCUT2D eigenvalue weighted by atomic mass is 16.5. The fraction of sp³-hybridized carbons (Fsp3) is 0.265. The van der Waals surface area contributed by atoms with Crippen LogP contribution in [0.15, 0.2) is 79.1 Å². The highest BCUT2D eigenvalue weighted by Gasteiger charge is 2.18. The molecular weight excluding hydrogens is 496 g/mol. The standard InChI is InChI=1S/C34H34N4O2/c1-24-19-27(9-10-28(24)23-38-17-15-37(2)16-18-38)33(39)21-25-5-3-6-29(20-25)40-34-22-32(26-11-13-35-14-12-26)36-31-8-4-7-30(31)34/h3-7,9-14,19-20,22H,8,15-18,21,23H2,1-2H3. The van der Waals surface area contributed by atoms with Crippen LogP contribution in [0.1, 0.15) is 38.3 Å². The van der Waals surface area contributed by atoms with E-state index in [1.807, 2.05) is 54.6 Å². The molecule has 3 heterocycles. The summed E-state index contributed by atoms with van der Waals surface area (Å²) in [6, 6.07) is 19.9. The molecular formula is C34H34N4O2. The molecule has 0 saturated carbocycles. The van der Waals surface area contributed by atoms with E-state index in [0.717, 1.165) is 78.5 Å². The van der Waals surface area contributed by atoms with Crippen molar-refractivity contribution in [1.29, 1.82) is 0 Å². The Balaban J connectivity index is 1.16. The van der Waals surface area contributed by atoms with E-state index in [2.05, 4.69) is 47.0 Å². The minimum absolute atomic E-state index is 0.110. The summed E-state index contributed by atoms with van der Waals surface area (Å²) in [6.45, 7) is 7.41. The van der Waals surface area contributed by atoms with Crippen molar-refractivity contribution >= 4 is 11.9 Å². The second kappa shape index (κ2) is 11.5. The van der Waals surface area contributed by atoms with E-state index in [0.29, 0.717) is 12.2 Å². The first-order valence-corrected chi connectivity index (χ1v) is 13.9. The van der Waals surface area contributed by atoms with Crippen molar-refractivity contribution in [3.8, 4) is 22.8 Å². The smallest absolute Gasteiger partial charge is 0.167 e. The average molecular weight is 531 g/mol. The van der Waals surface area contributed by atoms with Gasteiger partial charge in [0.05, 0.1) is 11.4 Å². The number of rotatable bonds is 8. The molecule has 1 aliphatic carbocycles. The molecule has 0 amide bonds. The number of carbonyl (C=O) groups is 1. The van der Waals surface area contributed by atoms with Crippen LogP contribution in [0.25, 0.3) is 17.3 Å². The molecule has 6 heteroatoms. The number of fused-ring (bicyclic) bond motifs is 1. The molecule has 0 radical (unpaired) electrons. The largest absolute Gasteiger partial charge is 0.457 e. The van der Waals surface area contributed by atoms with Crippen molar-refractivity contribution in [3.05, 3.63) is 113 Å². The monoisotopic (exact) mass is 530 g/mol. The van der Waals surface area contributed by atoms with Gasteiger partial charge in [-0.2, -0.15) is 0 Å². The Bertz CT molecular complexity index is 1560. The zero-order valence-electron chi connectivity index (χ0n) is 23.1. The van der Waals surface area contributed by atoms with Gasteiger partial charge in [-0.15, -0.1) is 0 Å². The third-order valence-electron chi connectivity index (χ3n) is 7.82. The average Bonchev–Trinajstić information content (AvgIpc) is 3.45. The Morgan fingerprint density at radius 1 is 0.975 bits per heavy atom. The van der Waals surface area contributed by atoms with Gasteiger partial charge in [-0.1, -0.05) is 36.4 Å². The Hall–Kier alpha value is -4.13. The van der Waals surface area contributed by atoms with Gasteiger partial charge < -0.3 is 9.64 Å². The number of Topliss-reactive ketones (excluding diaryl/α,β-unsaturated/α-hetero) is 1.